The van der Waals surface area contributed by atoms with Crippen molar-refractivity contribution in [2.24, 2.45) is 0 Å². The molecule has 1 aromatic carbocycles. The number of benzene rings is 1. The van der Waals surface area contributed by atoms with Crippen LogP contribution in [0.15, 0.2) is 36.7 Å². The average molecular weight is 411 g/mol. The van der Waals surface area contributed by atoms with Crippen molar-refractivity contribution in [2.45, 2.75) is 52.2 Å². The molecule has 2 aromatic heterocycles. The number of nitrogens with two attached hydrogens (primary N) is 1. The maximum Gasteiger partial charge on any atom is 0.308 e. The topological polar surface area (TPSA) is 122 Å². The third-order valence-corrected chi connectivity index (χ3v) is 4.40. The fourth-order valence-electron chi connectivity index (χ4n) is 3.07. The smallest absolute Gasteiger partial charge is 0.308 e. The van der Waals surface area contributed by atoms with Gasteiger partial charge in [0.15, 0.2) is 5.65 Å². The predicted molar refractivity (Wildman–Crippen MR) is 110 cm³/mol. The lowest BCUT2D eigenvalue weighted by atomic mass is 10.0. The summed E-state index contributed by atoms with van der Waals surface area (Å²) in [5.74, 6) is -0.699. The van der Waals surface area contributed by atoms with Crippen LogP contribution in [0, 0.1) is 0 Å². The molecule has 3 aromatic rings. The highest BCUT2D eigenvalue weighted by molar-refractivity contribution is 5.73. The molecule has 0 fully saturated rings. The number of carbonyl (C=O) groups excluding carboxylic acids is 2. The van der Waals surface area contributed by atoms with Gasteiger partial charge in [-0.05, 0) is 12.8 Å². The van der Waals surface area contributed by atoms with Crippen LogP contribution in [0.3, 0.4) is 0 Å². The minimum atomic E-state index is -1.10. The molecule has 158 valence electrons. The molecule has 3 rings (SSSR count). The van der Waals surface area contributed by atoms with Gasteiger partial charge in [0.25, 0.3) is 6.29 Å². The van der Waals surface area contributed by atoms with Gasteiger partial charge in [0, 0.05) is 24.0 Å². The van der Waals surface area contributed by atoms with Crippen LogP contribution < -0.4 is 5.73 Å². The van der Waals surface area contributed by atoms with E-state index in [1.165, 1.54) is 10.8 Å². The molecule has 0 saturated carbocycles. The number of fused-ring (bicyclic) bond motifs is 1. The summed E-state index contributed by atoms with van der Waals surface area (Å²) in [5, 5.41) is 4.10. The van der Waals surface area contributed by atoms with Gasteiger partial charge in [0.05, 0.1) is 12.1 Å². The highest BCUT2D eigenvalue weighted by atomic mass is 16.7. The monoisotopic (exact) mass is 411 g/mol. The Kier molecular flexibility index (Phi) is 6.95. The SMILES string of the molecule is CCCC(=O)OC(Cc1c(-c2ccccc2)nc(N)n2ncnc12)OC(=O)CCC. The number of aromatic nitrogens is 4. The number of carbonyl (C=O) groups is 2. The summed E-state index contributed by atoms with van der Waals surface area (Å²) in [5.41, 5.74) is 8.51. The second-order valence-electron chi connectivity index (χ2n) is 6.77. The van der Waals surface area contributed by atoms with E-state index in [1.807, 2.05) is 44.2 Å². The first-order chi connectivity index (χ1) is 14.5. The van der Waals surface area contributed by atoms with Crippen molar-refractivity contribution < 1.29 is 19.1 Å². The van der Waals surface area contributed by atoms with Crippen molar-refractivity contribution in [3.63, 3.8) is 0 Å². The van der Waals surface area contributed by atoms with Gasteiger partial charge in [0.1, 0.15) is 6.33 Å². The Bertz CT molecular complexity index is 999. The Morgan fingerprint density at radius 2 is 1.70 bits per heavy atom. The number of nitrogen functional groups attached to an aromatic ring is 1. The third-order valence-electron chi connectivity index (χ3n) is 4.40. The van der Waals surface area contributed by atoms with E-state index in [2.05, 4.69) is 15.1 Å². The molecule has 0 amide bonds. The molecule has 0 bridgehead atoms. The third kappa shape index (κ3) is 4.91. The lowest BCUT2D eigenvalue weighted by Gasteiger charge is -2.20. The molecule has 0 unspecified atom stereocenters. The molecule has 0 atom stereocenters. The van der Waals surface area contributed by atoms with Crippen LogP contribution >= 0.6 is 0 Å². The first-order valence-corrected chi connectivity index (χ1v) is 9.95. The molecule has 0 radical (unpaired) electrons. The van der Waals surface area contributed by atoms with E-state index in [4.69, 9.17) is 15.2 Å². The lowest BCUT2D eigenvalue weighted by Crippen LogP contribution is -2.27. The number of esters is 2. The molecule has 9 nitrogen and oxygen atoms in total. The average Bonchev–Trinajstić information content (AvgIpc) is 3.21. The Morgan fingerprint density at radius 1 is 1.07 bits per heavy atom. The van der Waals surface area contributed by atoms with Gasteiger partial charge in [-0.3, -0.25) is 9.59 Å². The van der Waals surface area contributed by atoms with Crippen LogP contribution in [0.4, 0.5) is 5.95 Å². The summed E-state index contributed by atoms with van der Waals surface area (Å²) in [4.78, 5) is 33.0. The lowest BCUT2D eigenvalue weighted by molar-refractivity contribution is -0.187. The van der Waals surface area contributed by atoms with Gasteiger partial charge in [-0.1, -0.05) is 44.2 Å². The summed E-state index contributed by atoms with van der Waals surface area (Å²) in [6.45, 7) is 3.74. The Balaban J connectivity index is 2.03. The Hall–Kier alpha value is -3.49. The maximum atomic E-state index is 12.1. The molecule has 0 saturated heterocycles. The molecule has 2 N–H and O–H groups in total. The summed E-state index contributed by atoms with van der Waals surface area (Å²) in [6, 6.07) is 9.43. The number of hydrogen-bond donors (Lipinski definition) is 1. The first kappa shape index (κ1) is 21.2. The van der Waals surface area contributed by atoms with Gasteiger partial charge >= 0.3 is 11.9 Å². The van der Waals surface area contributed by atoms with Gasteiger partial charge in [-0.25, -0.2) is 9.97 Å². The largest absolute Gasteiger partial charge is 0.425 e. The molecule has 2 heterocycles. The van der Waals surface area contributed by atoms with Crippen molar-refractivity contribution in [2.75, 3.05) is 5.73 Å². The van der Waals surface area contributed by atoms with Crippen LogP contribution in [0.5, 0.6) is 0 Å². The van der Waals surface area contributed by atoms with Crippen molar-refractivity contribution in [1.82, 2.24) is 19.6 Å². The van der Waals surface area contributed by atoms with Crippen LogP contribution in [-0.4, -0.2) is 37.8 Å². The normalized spacial score (nSPS) is 11.0. The van der Waals surface area contributed by atoms with Crippen molar-refractivity contribution in [1.29, 1.82) is 0 Å². The summed E-state index contributed by atoms with van der Waals surface area (Å²) in [6.07, 6.45) is 2.05. The molecule has 9 heteroatoms. The van der Waals surface area contributed by atoms with Gasteiger partial charge in [-0.15, -0.1) is 0 Å². The molecule has 0 aliphatic heterocycles. The van der Waals surface area contributed by atoms with E-state index in [0.717, 1.165) is 5.56 Å². The highest BCUT2D eigenvalue weighted by Crippen LogP contribution is 2.27. The zero-order valence-electron chi connectivity index (χ0n) is 17.1. The van der Waals surface area contributed by atoms with Crippen LogP contribution in [0.25, 0.3) is 16.9 Å². The summed E-state index contributed by atoms with van der Waals surface area (Å²) < 4.78 is 12.3. The van der Waals surface area contributed by atoms with E-state index in [9.17, 15) is 9.59 Å². The Morgan fingerprint density at radius 3 is 2.30 bits per heavy atom. The van der Waals surface area contributed by atoms with Crippen LogP contribution in [0.2, 0.25) is 0 Å². The second-order valence-corrected chi connectivity index (χ2v) is 6.77. The predicted octanol–water partition coefficient (Wildman–Crippen LogP) is 2.93. The van der Waals surface area contributed by atoms with E-state index < -0.39 is 18.2 Å². The minimum absolute atomic E-state index is 0.0740. The maximum absolute atomic E-state index is 12.1. The zero-order valence-corrected chi connectivity index (χ0v) is 17.1. The molecule has 0 aliphatic rings. The highest BCUT2D eigenvalue weighted by Gasteiger charge is 2.25. The second kappa shape index (κ2) is 9.82. The van der Waals surface area contributed by atoms with Crippen LogP contribution in [0.1, 0.15) is 45.1 Å². The van der Waals surface area contributed by atoms with Gasteiger partial charge < -0.3 is 15.2 Å². The number of rotatable bonds is 9. The van der Waals surface area contributed by atoms with Crippen molar-refractivity contribution >= 4 is 23.5 Å². The van der Waals surface area contributed by atoms with Crippen LogP contribution in [-0.2, 0) is 25.5 Å². The van der Waals surface area contributed by atoms with E-state index in [1.54, 1.807) is 0 Å². The summed E-state index contributed by atoms with van der Waals surface area (Å²) >= 11 is 0. The molecular formula is C21H25N5O4. The number of anilines is 1. The molecular weight excluding hydrogens is 386 g/mol. The summed E-state index contributed by atoms with van der Waals surface area (Å²) in [7, 11) is 0. The molecule has 30 heavy (non-hydrogen) atoms. The van der Waals surface area contributed by atoms with Crippen molar-refractivity contribution in [3.05, 3.63) is 42.2 Å². The van der Waals surface area contributed by atoms with E-state index >= 15 is 0 Å². The fraction of sp³-hybridized carbons (Fsp3) is 0.381. The minimum Gasteiger partial charge on any atom is -0.425 e. The van der Waals surface area contributed by atoms with Gasteiger partial charge in [-0.2, -0.15) is 9.61 Å². The van der Waals surface area contributed by atoms with Crippen molar-refractivity contribution in [3.8, 4) is 11.3 Å². The van der Waals surface area contributed by atoms with E-state index in [-0.39, 0.29) is 25.2 Å². The Labute approximate surface area is 174 Å². The molecule has 0 aliphatic carbocycles. The standard InChI is InChI=1S/C21H25N5O4/c1-3-8-16(27)29-18(30-17(28)9-4-2)12-15-19(14-10-6-5-7-11-14)25-21(22)26-20(15)23-13-24-26/h5-7,10-11,13,18H,3-4,8-9,12H2,1-2H3,(H2,22,25). The van der Waals surface area contributed by atoms with E-state index in [0.29, 0.717) is 29.7 Å². The number of ether oxygens (including phenoxy) is 2. The number of nitrogens with zero attached hydrogens (tertiary/aromatic N) is 4. The zero-order chi connectivity index (χ0) is 21.5. The molecule has 0 spiro atoms. The first-order valence-electron chi connectivity index (χ1n) is 9.95. The fourth-order valence-corrected chi connectivity index (χ4v) is 3.07. The van der Waals surface area contributed by atoms with Gasteiger partial charge in [0.2, 0.25) is 5.95 Å². The quantitative estimate of drug-likeness (QED) is 0.421. The number of hydrogen-bond acceptors (Lipinski definition) is 8.